The highest BCUT2D eigenvalue weighted by molar-refractivity contribution is 5.81. The molecule has 2 heteroatoms. The van der Waals surface area contributed by atoms with Gasteiger partial charge in [0.05, 0.1) is 5.52 Å². The Morgan fingerprint density at radius 3 is 2.72 bits per heavy atom. The monoisotopic (exact) mass is 242 g/mol. The maximum absolute atomic E-state index is 4.54. The number of hydrogen-bond donors (Lipinski definition) is 1. The van der Waals surface area contributed by atoms with E-state index in [1.54, 1.807) is 0 Å². The molecule has 2 nitrogen and oxygen atoms in total. The molecule has 0 fully saturated rings. The number of nitrogens with one attached hydrogen (secondary N) is 1. The first-order chi connectivity index (χ1) is 8.76. The van der Waals surface area contributed by atoms with E-state index in [9.17, 15) is 0 Å². The molecule has 18 heavy (non-hydrogen) atoms. The molecule has 0 spiro atoms. The molecule has 96 valence electrons. The van der Waals surface area contributed by atoms with Crippen molar-refractivity contribution >= 4 is 10.9 Å². The summed E-state index contributed by atoms with van der Waals surface area (Å²) in [5.74, 6) is 0.724. The van der Waals surface area contributed by atoms with Crippen LogP contribution in [0.5, 0.6) is 0 Å². The Hall–Kier alpha value is -1.41. The third-order valence-electron chi connectivity index (χ3n) is 3.72. The SMILES string of the molecule is CCC(C)CC(NC)c1cccc2cccnc12. The quantitative estimate of drug-likeness (QED) is 0.859. The second kappa shape index (κ2) is 5.96. The molecule has 0 aliphatic carbocycles. The predicted molar refractivity (Wildman–Crippen MR) is 77.6 cm³/mol. The van der Waals surface area contributed by atoms with E-state index in [2.05, 4.69) is 48.4 Å². The number of rotatable bonds is 5. The number of benzene rings is 1. The topological polar surface area (TPSA) is 24.9 Å². The minimum absolute atomic E-state index is 0.388. The van der Waals surface area contributed by atoms with Crippen LogP contribution in [-0.4, -0.2) is 12.0 Å². The van der Waals surface area contributed by atoms with Crippen LogP contribution < -0.4 is 5.32 Å². The van der Waals surface area contributed by atoms with Crippen LogP contribution in [0.2, 0.25) is 0 Å². The van der Waals surface area contributed by atoms with Crippen LogP contribution in [0, 0.1) is 5.92 Å². The van der Waals surface area contributed by atoms with Crippen molar-refractivity contribution in [2.45, 2.75) is 32.7 Å². The normalized spacial score (nSPS) is 14.6. The molecule has 1 aromatic heterocycles. The highest BCUT2D eigenvalue weighted by atomic mass is 14.9. The first-order valence-corrected chi connectivity index (χ1v) is 6.77. The minimum atomic E-state index is 0.388. The van der Waals surface area contributed by atoms with E-state index in [0.717, 1.165) is 17.9 Å². The average molecular weight is 242 g/mol. The van der Waals surface area contributed by atoms with Gasteiger partial charge in [0, 0.05) is 17.6 Å². The molecule has 0 saturated heterocycles. The maximum atomic E-state index is 4.54. The second-order valence-electron chi connectivity index (χ2n) is 5.01. The van der Waals surface area contributed by atoms with Crippen molar-refractivity contribution in [3.63, 3.8) is 0 Å². The summed E-state index contributed by atoms with van der Waals surface area (Å²) in [6, 6.07) is 11.0. The van der Waals surface area contributed by atoms with Crippen LogP contribution in [0.1, 0.15) is 38.3 Å². The zero-order chi connectivity index (χ0) is 13.0. The highest BCUT2D eigenvalue weighted by Gasteiger charge is 2.15. The standard InChI is InChI=1S/C16H22N2/c1-4-12(2)11-15(17-3)14-9-5-7-13-8-6-10-18-16(13)14/h5-10,12,15,17H,4,11H2,1-3H3. The molecular formula is C16H22N2. The van der Waals surface area contributed by atoms with Gasteiger partial charge in [-0.3, -0.25) is 4.98 Å². The van der Waals surface area contributed by atoms with Gasteiger partial charge in [0.15, 0.2) is 0 Å². The number of fused-ring (bicyclic) bond motifs is 1. The second-order valence-corrected chi connectivity index (χ2v) is 5.01. The first kappa shape index (κ1) is 13.0. The summed E-state index contributed by atoms with van der Waals surface area (Å²) in [6.07, 6.45) is 4.25. The highest BCUT2D eigenvalue weighted by Crippen LogP contribution is 2.27. The Morgan fingerprint density at radius 1 is 1.22 bits per heavy atom. The van der Waals surface area contributed by atoms with Crippen molar-refractivity contribution in [3.8, 4) is 0 Å². The van der Waals surface area contributed by atoms with Gasteiger partial charge in [0.25, 0.3) is 0 Å². The van der Waals surface area contributed by atoms with E-state index < -0.39 is 0 Å². The fourth-order valence-electron chi connectivity index (χ4n) is 2.38. The molecule has 2 aromatic rings. The summed E-state index contributed by atoms with van der Waals surface area (Å²) >= 11 is 0. The van der Waals surface area contributed by atoms with E-state index in [-0.39, 0.29) is 0 Å². The molecule has 1 aromatic carbocycles. The Labute approximate surface area is 109 Å². The van der Waals surface area contributed by atoms with Crippen LogP contribution in [-0.2, 0) is 0 Å². The van der Waals surface area contributed by atoms with E-state index in [1.165, 1.54) is 17.4 Å². The molecule has 2 unspecified atom stereocenters. The smallest absolute Gasteiger partial charge is 0.0749 e. The van der Waals surface area contributed by atoms with Crippen LogP contribution in [0.25, 0.3) is 10.9 Å². The van der Waals surface area contributed by atoms with Gasteiger partial charge in [-0.2, -0.15) is 0 Å². The van der Waals surface area contributed by atoms with Gasteiger partial charge >= 0.3 is 0 Å². The van der Waals surface area contributed by atoms with E-state index >= 15 is 0 Å². The summed E-state index contributed by atoms with van der Waals surface area (Å²) in [5, 5.41) is 4.66. The van der Waals surface area contributed by atoms with Gasteiger partial charge in [0.2, 0.25) is 0 Å². The molecule has 2 atom stereocenters. The molecule has 0 radical (unpaired) electrons. The number of para-hydroxylation sites is 1. The van der Waals surface area contributed by atoms with Crippen LogP contribution in [0.15, 0.2) is 36.5 Å². The average Bonchev–Trinajstić information content (AvgIpc) is 2.44. The lowest BCUT2D eigenvalue weighted by atomic mass is 9.93. The minimum Gasteiger partial charge on any atom is -0.313 e. The van der Waals surface area contributed by atoms with E-state index in [4.69, 9.17) is 0 Å². The lowest BCUT2D eigenvalue weighted by Crippen LogP contribution is -2.19. The Morgan fingerprint density at radius 2 is 2.00 bits per heavy atom. The van der Waals surface area contributed by atoms with Crippen molar-refractivity contribution < 1.29 is 0 Å². The molecule has 1 N–H and O–H groups in total. The van der Waals surface area contributed by atoms with Gasteiger partial charge in [-0.1, -0.05) is 44.5 Å². The summed E-state index contributed by atoms with van der Waals surface area (Å²) in [6.45, 7) is 4.56. The number of aromatic nitrogens is 1. The molecular weight excluding hydrogens is 220 g/mol. The number of pyridine rings is 1. The molecule has 0 amide bonds. The fourth-order valence-corrected chi connectivity index (χ4v) is 2.38. The molecule has 0 saturated carbocycles. The van der Waals surface area contributed by atoms with Gasteiger partial charge in [-0.15, -0.1) is 0 Å². The summed E-state index contributed by atoms with van der Waals surface area (Å²) in [4.78, 5) is 4.54. The van der Waals surface area contributed by atoms with Gasteiger partial charge in [-0.25, -0.2) is 0 Å². The van der Waals surface area contributed by atoms with Crippen molar-refractivity contribution in [3.05, 3.63) is 42.1 Å². The fraction of sp³-hybridized carbons (Fsp3) is 0.438. The molecule has 0 bridgehead atoms. The lowest BCUT2D eigenvalue weighted by molar-refractivity contribution is 0.423. The van der Waals surface area contributed by atoms with Crippen molar-refractivity contribution in [2.24, 2.45) is 5.92 Å². The van der Waals surface area contributed by atoms with Crippen LogP contribution >= 0.6 is 0 Å². The van der Waals surface area contributed by atoms with Crippen LogP contribution in [0.3, 0.4) is 0 Å². The number of hydrogen-bond acceptors (Lipinski definition) is 2. The van der Waals surface area contributed by atoms with Crippen LogP contribution in [0.4, 0.5) is 0 Å². The third kappa shape index (κ3) is 2.70. The molecule has 0 aliphatic rings. The Balaban J connectivity index is 2.38. The van der Waals surface area contributed by atoms with Gasteiger partial charge < -0.3 is 5.32 Å². The summed E-state index contributed by atoms with van der Waals surface area (Å²) < 4.78 is 0. The molecule has 0 aliphatic heterocycles. The van der Waals surface area contributed by atoms with Gasteiger partial charge in [0.1, 0.15) is 0 Å². The Kier molecular flexibility index (Phi) is 4.32. The van der Waals surface area contributed by atoms with Gasteiger partial charge in [-0.05, 0) is 31.0 Å². The largest absolute Gasteiger partial charge is 0.313 e. The predicted octanol–water partition coefficient (Wildman–Crippen LogP) is 3.93. The Bertz CT molecular complexity index is 502. The van der Waals surface area contributed by atoms with Crippen molar-refractivity contribution in [1.29, 1.82) is 0 Å². The van der Waals surface area contributed by atoms with Crippen molar-refractivity contribution in [1.82, 2.24) is 10.3 Å². The first-order valence-electron chi connectivity index (χ1n) is 6.77. The van der Waals surface area contributed by atoms with E-state index in [1.807, 2.05) is 19.3 Å². The zero-order valence-corrected chi connectivity index (χ0v) is 11.5. The summed E-state index contributed by atoms with van der Waals surface area (Å²) in [7, 11) is 2.04. The maximum Gasteiger partial charge on any atom is 0.0749 e. The molecule has 2 rings (SSSR count). The lowest BCUT2D eigenvalue weighted by Gasteiger charge is -2.21. The molecule has 1 heterocycles. The van der Waals surface area contributed by atoms with E-state index in [0.29, 0.717) is 6.04 Å². The number of nitrogens with zero attached hydrogens (tertiary/aromatic N) is 1. The van der Waals surface area contributed by atoms with Crippen molar-refractivity contribution in [2.75, 3.05) is 7.05 Å². The third-order valence-corrected chi connectivity index (χ3v) is 3.72. The summed E-state index contributed by atoms with van der Waals surface area (Å²) in [5.41, 5.74) is 2.44. The zero-order valence-electron chi connectivity index (χ0n) is 11.5.